The molecule has 1 saturated carbocycles. The summed E-state index contributed by atoms with van der Waals surface area (Å²) in [6, 6.07) is 8.26. The summed E-state index contributed by atoms with van der Waals surface area (Å²) < 4.78 is 5.76. The van der Waals surface area contributed by atoms with Crippen LogP contribution >= 0.6 is 11.3 Å². The number of nitrogens with one attached hydrogen (secondary N) is 1. The Balaban J connectivity index is 1.56. The van der Waals surface area contributed by atoms with Gasteiger partial charge in [0.1, 0.15) is 5.52 Å². The number of anilines is 1. The fraction of sp³-hybridized carbons (Fsp3) is 0.267. The van der Waals surface area contributed by atoms with Crippen molar-refractivity contribution < 1.29 is 4.42 Å². The molecule has 1 aliphatic carbocycles. The van der Waals surface area contributed by atoms with Crippen molar-refractivity contribution in [1.82, 2.24) is 4.98 Å². The zero-order chi connectivity index (χ0) is 12.7. The summed E-state index contributed by atoms with van der Waals surface area (Å²) >= 11 is 1.72. The number of benzene rings is 1. The van der Waals surface area contributed by atoms with Crippen molar-refractivity contribution in [2.45, 2.75) is 25.3 Å². The molecule has 3 nitrogen and oxygen atoms in total. The lowest BCUT2D eigenvalue weighted by Crippen LogP contribution is -1.97. The standard InChI is InChI=1S/C15H14N2OS/c1-2-11(1)15-17-13-7-12(3-4-14(13)18-15)16-8-10-5-6-19-9-10/h3-7,9,11,16H,1-2,8H2. The third-order valence-electron chi connectivity index (χ3n) is 3.41. The fourth-order valence-corrected chi connectivity index (χ4v) is 2.83. The maximum absolute atomic E-state index is 5.76. The summed E-state index contributed by atoms with van der Waals surface area (Å²) in [5.41, 5.74) is 4.25. The highest BCUT2D eigenvalue weighted by molar-refractivity contribution is 7.07. The molecule has 0 spiro atoms. The lowest BCUT2D eigenvalue weighted by atomic mass is 10.2. The van der Waals surface area contributed by atoms with Crippen LogP contribution in [0.2, 0.25) is 0 Å². The van der Waals surface area contributed by atoms with Crippen LogP contribution in [0.25, 0.3) is 11.1 Å². The van der Waals surface area contributed by atoms with E-state index in [1.54, 1.807) is 11.3 Å². The van der Waals surface area contributed by atoms with E-state index in [0.717, 1.165) is 29.2 Å². The molecule has 1 aromatic carbocycles. The molecule has 0 aliphatic heterocycles. The van der Waals surface area contributed by atoms with E-state index in [4.69, 9.17) is 4.42 Å². The van der Waals surface area contributed by atoms with Gasteiger partial charge in [-0.2, -0.15) is 11.3 Å². The normalized spacial score (nSPS) is 14.9. The van der Waals surface area contributed by atoms with E-state index in [0.29, 0.717) is 5.92 Å². The van der Waals surface area contributed by atoms with Gasteiger partial charge in [0.2, 0.25) is 0 Å². The van der Waals surface area contributed by atoms with Gasteiger partial charge in [0, 0.05) is 18.2 Å². The van der Waals surface area contributed by atoms with E-state index in [1.165, 1.54) is 18.4 Å². The van der Waals surface area contributed by atoms with E-state index >= 15 is 0 Å². The molecule has 4 rings (SSSR count). The first kappa shape index (κ1) is 11.1. The highest BCUT2D eigenvalue weighted by atomic mass is 32.1. The SMILES string of the molecule is c1cc(CNc2ccc3oc(C4CC4)nc3c2)cs1. The Morgan fingerprint density at radius 3 is 3.05 bits per heavy atom. The maximum atomic E-state index is 5.76. The zero-order valence-corrected chi connectivity index (χ0v) is 11.2. The highest BCUT2D eigenvalue weighted by Gasteiger charge is 2.28. The Morgan fingerprint density at radius 1 is 1.32 bits per heavy atom. The smallest absolute Gasteiger partial charge is 0.198 e. The summed E-state index contributed by atoms with van der Waals surface area (Å²) in [6.07, 6.45) is 2.44. The molecule has 19 heavy (non-hydrogen) atoms. The zero-order valence-electron chi connectivity index (χ0n) is 10.4. The topological polar surface area (TPSA) is 38.1 Å². The average Bonchev–Trinajstić information content (AvgIpc) is 3.00. The Morgan fingerprint density at radius 2 is 2.26 bits per heavy atom. The Hall–Kier alpha value is -1.81. The predicted molar refractivity (Wildman–Crippen MR) is 77.6 cm³/mol. The van der Waals surface area contributed by atoms with Gasteiger partial charge in [-0.15, -0.1) is 0 Å². The summed E-state index contributed by atoms with van der Waals surface area (Å²) in [7, 11) is 0. The van der Waals surface area contributed by atoms with E-state index in [1.807, 2.05) is 6.07 Å². The number of oxazole rings is 1. The van der Waals surface area contributed by atoms with Gasteiger partial charge in [0.15, 0.2) is 11.5 Å². The van der Waals surface area contributed by atoms with Crippen LogP contribution in [0.5, 0.6) is 0 Å². The maximum Gasteiger partial charge on any atom is 0.198 e. The molecule has 0 bridgehead atoms. The molecule has 2 aromatic heterocycles. The van der Waals surface area contributed by atoms with Crippen LogP contribution in [0.4, 0.5) is 5.69 Å². The highest BCUT2D eigenvalue weighted by Crippen LogP contribution is 2.40. The lowest BCUT2D eigenvalue weighted by molar-refractivity contribution is 0.533. The predicted octanol–water partition coefficient (Wildman–Crippen LogP) is 4.38. The summed E-state index contributed by atoms with van der Waals surface area (Å²) in [5, 5.41) is 7.67. The van der Waals surface area contributed by atoms with Crippen molar-refractivity contribution in [3.63, 3.8) is 0 Å². The number of aromatic nitrogens is 1. The Bertz CT molecular complexity index is 698. The number of thiophene rings is 1. The third-order valence-corrected chi connectivity index (χ3v) is 4.14. The number of fused-ring (bicyclic) bond motifs is 1. The van der Waals surface area contributed by atoms with Crippen molar-refractivity contribution >= 4 is 28.1 Å². The van der Waals surface area contributed by atoms with Gasteiger partial charge >= 0.3 is 0 Å². The molecule has 2 heterocycles. The van der Waals surface area contributed by atoms with Crippen LogP contribution in [0.1, 0.15) is 30.2 Å². The molecule has 1 N–H and O–H groups in total. The van der Waals surface area contributed by atoms with Gasteiger partial charge in [0.25, 0.3) is 0 Å². The van der Waals surface area contributed by atoms with Crippen LogP contribution in [0.15, 0.2) is 39.4 Å². The first-order chi connectivity index (χ1) is 9.38. The van der Waals surface area contributed by atoms with Gasteiger partial charge in [0.05, 0.1) is 0 Å². The van der Waals surface area contributed by atoms with Gasteiger partial charge in [-0.1, -0.05) is 0 Å². The minimum atomic E-state index is 0.564. The first-order valence-electron chi connectivity index (χ1n) is 6.54. The molecule has 4 heteroatoms. The van der Waals surface area contributed by atoms with E-state index in [9.17, 15) is 0 Å². The summed E-state index contributed by atoms with van der Waals surface area (Å²) in [5.74, 6) is 1.47. The number of hydrogen-bond donors (Lipinski definition) is 1. The molecule has 96 valence electrons. The lowest BCUT2D eigenvalue weighted by Gasteiger charge is -2.03. The van der Waals surface area contributed by atoms with Crippen molar-refractivity contribution in [3.05, 3.63) is 46.5 Å². The third kappa shape index (κ3) is 2.24. The average molecular weight is 270 g/mol. The molecule has 0 unspecified atom stereocenters. The second-order valence-electron chi connectivity index (χ2n) is 4.99. The number of hydrogen-bond acceptors (Lipinski definition) is 4. The van der Waals surface area contributed by atoms with Crippen molar-refractivity contribution in [3.8, 4) is 0 Å². The molecule has 1 fully saturated rings. The molecule has 1 aliphatic rings. The van der Waals surface area contributed by atoms with Gasteiger partial charge in [-0.25, -0.2) is 4.98 Å². The minimum Gasteiger partial charge on any atom is -0.440 e. The van der Waals surface area contributed by atoms with Crippen molar-refractivity contribution in [2.75, 3.05) is 5.32 Å². The fourth-order valence-electron chi connectivity index (χ4n) is 2.16. The van der Waals surface area contributed by atoms with E-state index in [2.05, 4.69) is 39.3 Å². The van der Waals surface area contributed by atoms with Gasteiger partial charge in [-0.05, 0) is 53.4 Å². The molecule has 0 saturated heterocycles. The number of rotatable bonds is 4. The van der Waals surface area contributed by atoms with Crippen molar-refractivity contribution in [2.24, 2.45) is 0 Å². The Labute approximate surface area is 115 Å². The quantitative estimate of drug-likeness (QED) is 0.764. The molecular weight excluding hydrogens is 256 g/mol. The number of nitrogens with zero attached hydrogens (tertiary/aromatic N) is 1. The van der Waals surface area contributed by atoms with Crippen molar-refractivity contribution in [1.29, 1.82) is 0 Å². The van der Waals surface area contributed by atoms with Crippen LogP contribution in [0.3, 0.4) is 0 Å². The van der Waals surface area contributed by atoms with E-state index in [-0.39, 0.29) is 0 Å². The Kier molecular flexibility index (Phi) is 2.55. The summed E-state index contributed by atoms with van der Waals surface area (Å²) in [4.78, 5) is 4.58. The van der Waals surface area contributed by atoms with Gasteiger partial charge in [-0.3, -0.25) is 0 Å². The van der Waals surface area contributed by atoms with Crippen LogP contribution in [0, 0.1) is 0 Å². The second kappa shape index (κ2) is 4.38. The first-order valence-corrected chi connectivity index (χ1v) is 7.48. The molecule has 0 radical (unpaired) electrons. The monoisotopic (exact) mass is 270 g/mol. The van der Waals surface area contributed by atoms with Gasteiger partial charge < -0.3 is 9.73 Å². The van der Waals surface area contributed by atoms with Crippen LogP contribution in [-0.2, 0) is 6.54 Å². The minimum absolute atomic E-state index is 0.564. The summed E-state index contributed by atoms with van der Waals surface area (Å²) in [6.45, 7) is 0.850. The molecular formula is C15H14N2OS. The van der Waals surface area contributed by atoms with Crippen LogP contribution < -0.4 is 5.32 Å². The van der Waals surface area contributed by atoms with E-state index < -0.39 is 0 Å². The largest absolute Gasteiger partial charge is 0.440 e. The molecule has 0 atom stereocenters. The second-order valence-corrected chi connectivity index (χ2v) is 5.77. The molecule has 0 amide bonds. The van der Waals surface area contributed by atoms with Crippen LogP contribution in [-0.4, -0.2) is 4.98 Å². The molecule has 3 aromatic rings.